The summed E-state index contributed by atoms with van der Waals surface area (Å²) in [6.45, 7) is 5.75. The average Bonchev–Trinajstić information content (AvgIpc) is 3.45. The molecule has 9 heteroatoms. The van der Waals surface area contributed by atoms with Crippen LogP contribution in [-0.2, 0) is 6.42 Å². The highest BCUT2D eigenvalue weighted by Crippen LogP contribution is 2.31. The Hall–Kier alpha value is -2.78. The van der Waals surface area contributed by atoms with Gasteiger partial charge in [0.25, 0.3) is 11.8 Å². The fourth-order valence-corrected chi connectivity index (χ4v) is 5.88. The largest absolute Gasteiger partial charge is 0.497 e. The van der Waals surface area contributed by atoms with E-state index in [4.69, 9.17) is 4.74 Å². The van der Waals surface area contributed by atoms with Gasteiger partial charge >= 0.3 is 0 Å². The number of piperidine rings is 1. The van der Waals surface area contributed by atoms with Gasteiger partial charge < -0.3 is 15.0 Å². The van der Waals surface area contributed by atoms with Crippen molar-refractivity contribution in [2.75, 3.05) is 26.7 Å². The Bertz CT molecular complexity index is 1130. The van der Waals surface area contributed by atoms with Crippen LogP contribution < -0.4 is 10.1 Å². The molecule has 0 unspecified atom stereocenters. The number of rotatable bonds is 7. The third-order valence-electron chi connectivity index (χ3n) is 5.82. The molecule has 1 fully saturated rings. The topological polar surface area (TPSA) is 84.4 Å². The van der Waals surface area contributed by atoms with Gasteiger partial charge in [0.1, 0.15) is 16.3 Å². The number of amides is 2. The molecule has 33 heavy (non-hydrogen) atoms. The molecule has 2 aromatic heterocycles. The van der Waals surface area contributed by atoms with Crippen LogP contribution in [0.5, 0.6) is 5.75 Å². The molecule has 0 saturated carbocycles. The van der Waals surface area contributed by atoms with E-state index in [1.54, 1.807) is 7.11 Å². The molecule has 0 spiro atoms. The predicted molar refractivity (Wildman–Crippen MR) is 131 cm³/mol. The van der Waals surface area contributed by atoms with Crippen LogP contribution in [0.2, 0.25) is 0 Å². The van der Waals surface area contributed by atoms with Crippen molar-refractivity contribution < 1.29 is 14.3 Å². The number of aryl methyl sites for hydroxylation is 2. The fourth-order valence-electron chi connectivity index (χ4n) is 4.02. The van der Waals surface area contributed by atoms with E-state index in [2.05, 4.69) is 15.3 Å². The number of hydrogen-bond acceptors (Lipinski definition) is 7. The van der Waals surface area contributed by atoms with Gasteiger partial charge in [0.2, 0.25) is 0 Å². The van der Waals surface area contributed by atoms with Crippen LogP contribution in [0.3, 0.4) is 0 Å². The molecule has 0 atom stereocenters. The van der Waals surface area contributed by atoms with Gasteiger partial charge in [0.05, 0.1) is 22.8 Å². The molecule has 1 saturated heterocycles. The summed E-state index contributed by atoms with van der Waals surface area (Å²) in [6.07, 6.45) is 2.44. The molecule has 0 aliphatic carbocycles. The quantitative estimate of drug-likeness (QED) is 0.543. The Labute approximate surface area is 201 Å². The third kappa shape index (κ3) is 5.59. The molecule has 3 aromatic rings. The Kier molecular flexibility index (Phi) is 7.39. The Morgan fingerprint density at radius 3 is 2.70 bits per heavy atom. The fraction of sp³-hybridized carbons (Fsp3) is 0.417. The smallest absolute Gasteiger partial charge is 0.270 e. The van der Waals surface area contributed by atoms with Crippen LogP contribution in [-0.4, -0.2) is 53.4 Å². The predicted octanol–water partition coefficient (Wildman–Crippen LogP) is 4.22. The van der Waals surface area contributed by atoms with E-state index in [0.717, 1.165) is 51.2 Å². The first-order chi connectivity index (χ1) is 15.9. The first-order valence-corrected chi connectivity index (χ1v) is 12.7. The van der Waals surface area contributed by atoms with Crippen molar-refractivity contribution in [3.05, 3.63) is 61.5 Å². The molecule has 174 valence electrons. The molecule has 1 aliphatic heterocycles. The van der Waals surface area contributed by atoms with Gasteiger partial charge in [-0.05, 0) is 50.8 Å². The summed E-state index contributed by atoms with van der Waals surface area (Å²) >= 11 is 2.99. The molecule has 3 heterocycles. The summed E-state index contributed by atoms with van der Waals surface area (Å²) < 4.78 is 5.24. The highest BCUT2D eigenvalue weighted by Gasteiger charge is 2.28. The second-order valence-corrected chi connectivity index (χ2v) is 10.2. The molecule has 0 radical (unpaired) electrons. The van der Waals surface area contributed by atoms with Crippen molar-refractivity contribution in [3.8, 4) is 5.75 Å². The van der Waals surface area contributed by atoms with Gasteiger partial charge in [-0.2, -0.15) is 0 Å². The van der Waals surface area contributed by atoms with Crippen molar-refractivity contribution in [2.24, 2.45) is 0 Å². The summed E-state index contributed by atoms with van der Waals surface area (Å²) in [5.41, 5.74) is 2.39. The maximum atomic E-state index is 12.8. The van der Waals surface area contributed by atoms with Crippen LogP contribution in [0.25, 0.3) is 0 Å². The van der Waals surface area contributed by atoms with Crippen molar-refractivity contribution in [3.63, 3.8) is 0 Å². The normalized spacial score (nSPS) is 14.3. The lowest BCUT2D eigenvalue weighted by Crippen LogP contribution is -2.37. The molecule has 1 aliphatic rings. The number of hydrogen-bond donors (Lipinski definition) is 1. The Morgan fingerprint density at radius 1 is 1.21 bits per heavy atom. The summed E-state index contributed by atoms with van der Waals surface area (Å²) in [5.74, 6) is 1.02. The number of nitrogens with zero attached hydrogens (tertiary/aromatic N) is 3. The first-order valence-electron chi connectivity index (χ1n) is 11.0. The van der Waals surface area contributed by atoms with Crippen molar-refractivity contribution >= 4 is 34.5 Å². The summed E-state index contributed by atoms with van der Waals surface area (Å²) in [7, 11) is 1.64. The lowest BCUT2D eigenvalue weighted by atomic mass is 9.97. The molecule has 2 amide bonds. The highest BCUT2D eigenvalue weighted by atomic mass is 32.1. The number of thiazole rings is 2. The standard InChI is InChI=1S/C24H28N4O3S2/c1-15-21(33-16(2)26-15)24(30)28-11-8-18(9-12-28)23-27-20(14-32-23)22(29)25-10-7-17-5-4-6-19(13-17)31-3/h4-6,13-14,18H,7-12H2,1-3H3,(H,25,29). The second-order valence-electron chi connectivity index (χ2n) is 8.14. The molecule has 1 aromatic carbocycles. The van der Waals surface area contributed by atoms with Crippen molar-refractivity contribution in [2.45, 2.75) is 39.0 Å². The second kappa shape index (κ2) is 10.4. The number of nitrogens with one attached hydrogen (secondary N) is 1. The van der Waals surface area contributed by atoms with Crippen molar-refractivity contribution in [1.29, 1.82) is 0 Å². The maximum Gasteiger partial charge on any atom is 0.270 e. The molecular weight excluding hydrogens is 456 g/mol. The number of methoxy groups -OCH3 is 1. The first kappa shape index (κ1) is 23.4. The van der Waals surface area contributed by atoms with E-state index in [1.165, 1.54) is 22.7 Å². The third-order valence-corrected chi connectivity index (χ3v) is 7.89. The molecule has 4 rings (SSSR count). The monoisotopic (exact) mass is 484 g/mol. The number of likely N-dealkylation sites (tertiary alicyclic amines) is 1. The number of ether oxygens (including phenoxy) is 1. The van der Waals surface area contributed by atoms with Gasteiger partial charge in [-0.15, -0.1) is 22.7 Å². The van der Waals surface area contributed by atoms with E-state index in [0.29, 0.717) is 25.3 Å². The number of benzene rings is 1. The molecular formula is C24H28N4O3S2. The summed E-state index contributed by atoms with van der Waals surface area (Å²) in [6, 6.07) is 7.84. The highest BCUT2D eigenvalue weighted by molar-refractivity contribution is 7.13. The van der Waals surface area contributed by atoms with E-state index >= 15 is 0 Å². The lowest BCUT2D eigenvalue weighted by Gasteiger charge is -2.30. The minimum absolute atomic E-state index is 0.0757. The summed E-state index contributed by atoms with van der Waals surface area (Å²) in [4.78, 5) is 37.0. The molecule has 7 nitrogen and oxygen atoms in total. The van der Waals surface area contributed by atoms with E-state index in [1.807, 2.05) is 48.4 Å². The zero-order valence-corrected chi connectivity index (χ0v) is 20.7. The van der Waals surface area contributed by atoms with Crippen LogP contribution >= 0.6 is 22.7 Å². The number of carbonyl (C=O) groups excluding carboxylic acids is 2. The van der Waals surface area contributed by atoms with Gasteiger partial charge in [0.15, 0.2) is 0 Å². The lowest BCUT2D eigenvalue weighted by molar-refractivity contribution is 0.0717. The minimum Gasteiger partial charge on any atom is -0.497 e. The van der Waals surface area contributed by atoms with E-state index in [9.17, 15) is 9.59 Å². The van der Waals surface area contributed by atoms with Crippen LogP contribution in [0, 0.1) is 13.8 Å². The van der Waals surface area contributed by atoms with E-state index in [-0.39, 0.29) is 17.7 Å². The zero-order valence-electron chi connectivity index (χ0n) is 19.1. The van der Waals surface area contributed by atoms with Gasteiger partial charge in [0, 0.05) is 30.9 Å². The average molecular weight is 485 g/mol. The Morgan fingerprint density at radius 2 is 2.00 bits per heavy atom. The van der Waals surface area contributed by atoms with Gasteiger partial charge in [-0.1, -0.05) is 12.1 Å². The van der Waals surface area contributed by atoms with Crippen molar-refractivity contribution in [1.82, 2.24) is 20.2 Å². The van der Waals surface area contributed by atoms with Crippen LogP contribution in [0.4, 0.5) is 0 Å². The maximum absolute atomic E-state index is 12.8. The SMILES string of the molecule is COc1cccc(CCNC(=O)c2csc(C3CCN(C(=O)c4sc(C)nc4C)CC3)n2)c1. The number of carbonyl (C=O) groups is 2. The molecule has 1 N–H and O–H groups in total. The number of aromatic nitrogens is 2. The molecule has 0 bridgehead atoms. The van der Waals surface area contributed by atoms with E-state index < -0.39 is 0 Å². The van der Waals surface area contributed by atoms with Crippen LogP contribution in [0.15, 0.2) is 29.6 Å². The Balaban J connectivity index is 1.27. The van der Waals surface area contributed by atoms with Gasteiger partial charge in [-0.25, -0.2) is 9.97 Å². The van der Waals surface area contributed by atoms with Gasteiger partial charge in [-0.3, -0.25) is 9.59 Å². The zero-order chi connectivity index (χ0) is 23.4. The van der Waals surface area contributed by atoms with Crippen LogP contribution in [0.1, 0.15) is 60.2 Å². The minimum atomic E-state index is -0.149. The summed E-state index contributed by atoms with van der Waals surface area (Å²) in [5, 5.41) is 6.68.